The normalized spacial score (nSPS) is 52.7. The second-order valence-electron chi connectivity index (χ2n) is 7.88. The van der Waals surface area contributed by atoms with Crippen molar-refractivity contribution in [1.82, 2.24) is 0 Å². The zero-order chi connectivity index (χ0) is 11.8. The number of hydrogen-bond acceptors (Lipinski definition) is 1. The van der Waals surface area contributed by atoms with Crippen LogP contribution in [0.2, 0.25) is 0 Å². The first kappa shape index (κ1) is 11.1. The van der Waals surface area contributed by atoms with Crippen LogP contribution in [-0.2, 0) is 0 Å². The van der Waals surface area contributed by atoms with Gasteiger partial charge >= 0.3 is 0 Å². The fourth-order valence-electron chi connectivity index (χ4n) is 5.78. The standard InChI is InChI=1S/C15H26O/c1-13(2)7-6-11(16)12-14(3,4)10-5-8-15(12,13)9-10/h10-12,16H,5-9H2,1-4H3/t10-,11-,12+,15-/m0/s1. The summed E-state index contributed by atoms with van der Waals surface area (Å²) in [5, 5.41) is 10.5. The minimum absolute atomic E-state index is 0.0340. The smallest absolute Gasteiger partial charge is 0.0579 e. The van der Waals surface area contributed by atoms with Gasteiger partial charge in [0.05, 0.1) is 6.10 Å². The lowest BCUT2D eigenvalue weighted by Gasteiger charge is -2.57. The first-order valence-corrected chi connectivity index (χ1v) is 6.99. The maximum Gasteiger partial charge on any atom is 0.0579 e. The predicted octanol–water partition coefficient (Wildman–Crippen LogP) is 3.61. The number of aliphatic hydroxyl groups excluding tert-OH is 1. The van der Waals surface area contributed by atoms with Crippen molar-refractivity contribution in [2.45, 2.75) is 65.9 Å². The number of aliphatic hydroxyl groups is 1. The summed E-state index contributed by atoms with van der Waals surface area (Å²) in [6.07, 6.45) is 6.36. The number of rotatable bonds is 0. The van der Waals surface area contributed by atoms with Crippen LogP contribution in [0.3, 0.4) is 0 Å². The molecule has 3 aliphatic carbocycles. The molecule has 0 unspecified atom stereocenters. The van der Waals surface area contributed by atoms with Crippen molar-refractivity contribution in [3.63, 3.8) is 0 Å². The third kappa shape index (κ3) is 1.02. The second-order valence-corrected chi connectivity index (χ2v) is 7.88. The third-order valence-electron chi connectivity index (χ3n) is 6.80. The van der Waals surface area contributed by atoms with E-state index in [9.17, 15) is 5.11 Å². The third-order valence-corrected chi connectivity index (χ3v) is 6.80. The maximum atomic E-state index is 10.5. The Kier molecular flexibility index (Phi) is 1.98. The molecule has 3 rings (SSSR count). The van der Waals surface area contributed by atoms with Gasteiger partial charge in [-0.15, -0.1) is 0 Å². The molecule has 3 saturated carbocycles. The van der Waals surface area contributed by atoms with Crippen molar-refractivity contribution in [3.05, 3.63) is 0 Å². The van der Waals surface area contributed by atoms with Crippen molar-refractivity contribution in [2.24, 2.45) is 28.1 Å². The van der Waals surface area contributed by atoms with Gasteiger partial charge in [-0.3, -0.25) is 0 Å². The summed E-state index contributed by atoms with van der Waals surface area (Å²) in [4.78, 5) is 0. The first-order valence-electron chi connectivity index (χ1n) is 6.99. The maximum absolute atomic E-state index is 10.5. The Morgan fingerprint density at radius 2 is 1.69 bits per heavy atom. The minimum atomic E-state index is -0.0340. The average Bonchev–Trinajstić information content (AvgIpc) is 2.67. The average molecular weight is 222 g/mol. The van der Waals surface area contributed by atoms with E-state index in [0.29, 0.717) is 22.2 Å². The first-order chi connectivity index (χ1) is 7.31. The number of fused-ring (bicyclic) bond motifs is 1. The summed E-state index contributed by atoms with van der Waals surface area (Å²) < 4.78 is 0. The molecular weight excluding hydrogens is 196 g/mol. The summed E-state index contributed by atoms with van der Waals surface area (Å²) in [6.45, 7) is 9.73. The van der Waals surface area contributed by atoms with E-state index in [1.165, 1.54) is 25.7 Å². The molecule has 1 N–H and O–H groups in total. The van der Waals surface area contributed by atoms with Gasteiger partial charge in [-0.2, -0.15) is 0 Å². The van der Waals surface area contributed by atoms with E-state index in [2.05, 4.69) is 27.7 Å². The highest BCUT2D eigenvalue weighted by molar-refractivity contribution is 5.18. The highest BCUT2D eigenvalue weighted by atomic mass is 16.3. The predicted molar refractivity (Wildman–Crippen MR) is 66.1 cm³/mol. The van der Waals surface area contributed by atoms with Gasteiger partial charge in [0, 0.05) is 0 Å². The molecule has 0 saturated heterocycles. The lowest BCUT2D eigenvalue weighted by Crippen LogP contribution is -2.54. The van der Waals surface area contributed by atoms with Gasteiger partial charge < -0.3 is 5.11 Å². The Hall–Kier alpha value is -0.0400. The molecule has 1 spiro atoms. The van der Waals surface area contributed by atoms with E-state index in [1.54, 1.807) is 0 Å². The van der Waals surface area contributed by atoms with E-state index < -0.39 is 0 Å². The van der Waals surface area contributed by atoms with Crippen molar-refractivity contribution < 1.29 is 5.11 Å². The zero-order valence-electron chi connectivity index (χ0n) is 11.2. The molecule has 92 valence electrons. The molecule has 2 bridgehead atoms. The fraction of sp³-hybridized carbons (Fsp3) is 1.00. The van der Waals surface area contributed by atoms with Gasteiger partial charge in [-0.1, -0.05) is 27.7 Å². The van der Waals surface area contributed by atoms with Crippen LogP contribution in [-0.4, -0.2) is 11.2 Å². The van der Waals surface area contributed by atoms with Crippen molar-refractivity contribution in [2.75, 3.05) is 0 Å². The Bertz CT molecular complexity index is 315. The summed E-state index contributed by atoms with van der Waals surface area (Å²) in [5.74, 6) is 1.42. The second kappa shape index (κ2) is 2.85. The van der Waals surface area contributed by atoms with Crippen LogP contribution in [0.4, 0.5) is 0 Å². The molecular formula is C15H26O. The molecule has 3 aliphatic rings. The van der Waals surface area contributed by atoms with Gasteiger partial charge in [-0.25, -0.2) is 0 Å². The topological polar surface area (TPSA) is 20.2 Å². The van der Waals surface area contributed by atoms with Gasteiger partial charge in [-0.05, 0) is 60.2 Å². The summed E-state index contributed by atoms with van der Waals surface area (Å²) in [7, 11) is 0. The largest absolute Gasteiger partial charge is 0.393 e. The van der Waals surface area contributed by atoms with E-state index in [-0.39, 0.29) is 6.10 Å². The van der Waals surface area contributed by atoms with Crippen molar-refractivity contribution in [3.8, 4) is 0 Å². The molecule has 0 aromatic carbocycles. The molecule has 4 atom stereocenters. The number of hydrogen-bond donors (Lipinski definition) is 1. The zero-order valence-corrected chi connectivity index (χ0v) is 11.2. The van der Waals surface area contributed by atoms with E-state index in [1.807, 2.05) is 0 Å². The molecule has 0 radical (unpaired) electrons. The molecule has 0 aliphatic heterocycles. The highest BCUT2D eigenvalue weighted by Crippen LogP contribution is 2.75. The van der Waals surface area contributed by atoms with E-state index in [0.717, 1.165) is 12.3 Å². The Balaban J connectivity index is 2.10. The lowest BCUT2D eigenvalue weighted by molar-refractivity contribution is -0.133. The van der Waals surface area contributed by atoms with E-state index in [4.69, 9.17) is 0 Å². The molecule has 1 nitrogen and oxygen atoms in total. The van der Waals surface area contributed by atoms with Crippen LogP contribution < -0.4 is 0 Å². The quantitative estimate of drug-likeness (QED) is 0.664. The van der Waals surface area contributed by atoms with E-state index >= 15 is 0 Å². The van der Waals surface area contributed by atoms with Crippen LogP contribution >= 0.6 is 0 Å². The lowest BCUT2D eigenvalue weighted by atomic mass is 9.48. The highest BCUT2D eigenvalue weighted by Gasteiger charge is 2.69. The van der Waals surface area contributed by atoms with Crippen LogP contribution in [0.5, 0.6) is 0 Å². The van der Waals surface area contributed by atoms with Gasteiger partial charge in [0.15, 0.2) is 0 Å². The van der Waals surface area contributed by atoms with Gasteiger partial charge in [0.2, 0.25) is 0 Å². The van der Waals surface area contributed by atoms with Crippen LogP contribution in [0.1, 0.15) is 59.8 Å². The molecule has 1 heteroatoms. The SMILES string of the molecule is CC1(C)[C@H]2CC[C@]3(C2)[C@@H]1[C@@H](O)CCC3(C)C. The van der Waals surface area contributed by atoms with Crippen LogP contribution in [0.25, 0.3) is 0 Å². The monoisotopic (exact) mass is 222 g/mol. The molecule has 0 amide bonds. The van der Waals surface area contributed by atoms with Gasteiger partial charge in [0.25, 0.3) is 0 Å². The molecule has 3 fully saturated rings. The van der Waals surface area contributed by atoms with Crippen LogP contribution in [0.15, 0.2) is 0 Å². The van der Waals surface area contributed by atoms with Crippen molar-refractivity contribution >= 4 is 0 Å². The fourth-order valence-corrected chi connectivity index (χ4v) is 5.78. The molecule has 0 aromatic heterocycles. The Morgan fingerprint density at radius 3 is 2.31 bits per heavy atom. The summed E-state index contributed by atoms with van der Waals surface area (Å²) >= 11 is 0. The minimum Gasteiger partial charge on any atom is -0.393 e. The summed E-state index contributed by atoms with van der Waals surface area (Å²) in [5.41, 5.74) is 1.27. The Morgan fingerprint density at radius 1 is 1.00 bits per heavy atom. The van der Waals surface area contributed by atoms with Gasteiger partial charge in [0.1, 0.15) is 0 Å². The summed E-state index contributed by atoms with van der Waals surface area (Å²) in [6, 6.07) is 0. The Labute approximate surface area is 99.6 Å². The van der Waals surface area contributed by atoms with Crippen molar-refractivity contribution in [1.29, 1.82) is 0 Å². The molecule has 0 aromatic rings. The molecule has 0 heterocycles. The van der Waals surface area contributed by atoms with Crippen LogP contribution in [0, 0.1) is 28.1 Å². The molecule has 16 heavy (non-hydrogen) atoms.